The SMILES string of the molecule is CC(N)c1ccc(N2CCN(c3ncccn3)CC2)nc1. The molecule has 2 aromatic rings. The first-order valence-electron chi connectivity index (χ1n) is 7.22. The van der Waals surface area contributed by atoms with Crippen LogP contribution in [0.4, 0.5) is 11.8 Å². The highest BCUT2D eigenvalue weighted by atomic mass is 15.3. The van der Waals surface area contributed by atoms with Crippen LogP contribution in [-0.4, -0.2) is 41.1 Å². The lowest BCUT2D eigenvalue weighted by molar-refractivity contribution is 0.634. The van der Waals surface area contributed by atoms with Gasteiger partial charge in [-0.05, 0) is 24.6 Å². The van der Waals surface area contributed by atoms with E-state index in [1.807, 2.05) is 25.3 Å². The van der Waals surface area contributed by atoms with Crippen LogP contribution >= 0.6 is 0 Å². The van der Waals surface area contributed by atoms with Crippen LogP contribution < -0.4 is 15.5 Å². The van der Waals surface area contributed by atoms with Gasteiger partial charge >= 0.3 is 0 Å². The first kappa shape index (κ1) is 13.8. The van der Waals surface area contributed by atoms with Gasteiger partial charge in [0.15, 0.2) is 0 Å². The molecular formula is C15H20N6. The fourth-order valence-electron chi connectivity index (χ4n) is 2.44. The summed E-state index contributed by atoms with van der Waals surface area (Å²) in [5.74, 6) is 1.81. The Labute approximate surface area is 124 Å². The van der Waals surface area contributed by atoms with E-state index in [9.17, 15) is 0 Å². The van der Waals surface area contributed by atoms with Crippen molar-refractivity contribution < 1.29 is 0 Å². The van der Waals surface area contributed by atoms with Crippen LogP contribution in [0.15, 0.2) is 36.8 Å². The van der Waals surface area contributed by atoms with Crippen LogP contribution in [0.2, 0.25) is 0 Å². The molecule has 1 fully saturated rings. The Morgan fingerprint density at radius 1 is 1.00 bits per heavy atom. The Balaban J connectivity index is 1.63. The van der Waals surface area contributed by atoms with Gasteiger partial charge in [0.2, 0.25) is 5.95 Å². The van der Waals surface area contributed by atoms with Gasteiger partial charge < -0.3 is 15.5 Å². The summed E-state index contributed by atoms with van der Waals surface area (Å²) in [7, 11) is 0. The maximum Gasteiger partial charge on any atom is 0.225 e. The number of pyridine rings is 1. The summed E-state index contributed by atoms with van der Waals surface area (Å²) in [5, 5.41) is 0. The molecule has 1 aliphatic rings. The van der Waals surface area contributed by atoms with Crippen LogP contribution in [0.1, 0.15) is 18.5 Å². The standard InChI is InChI=1S/C15H20N6/c1-12(16)13-3-4-14(19-11-13)20-7-9-21(10-8-20)15-17-5-2-6-18-15/h2-6,11-12H,7-10,16H2,1H3. The number of piperazine rings is 1. The van der Waals surface area contributed by atoms with Crippen LogP contribution in [0, 0.1) is 0 Å². The van der Waals surface area contributed by atoms with E-state index in [1.54, 1.807) is 12.4 Å². The summed E-state index contributed by atoms with van der Waals surface area (Å²) >= 11 is 0. The second-order valence-corrected chi connectivity index (χ2v) is 5.26. The van der Waals surface area contributed by atoms with Crippen molar-refractivity contribution in [2.45, 2.75) is 13.0 Å². The van der Waals surface area contributed by atoms with E-state index >= 15 is 0 Å². The number of nitrogens with two attached hydrogens (primary N) is 1. The first-order chi connectivity index (χ1) is 10.2. The first-order valence-corrected chi connectivity index (χ1v) is 7.22. The van der Waals surface area contributed by atoms with E-state index in [4.69, 9.17) is 5.73 Å². The van der Waals surface area contributed by atoms with Gasteiger partial charge in [-0.15, -0.1) is 0 Å². The van der Waals surface area contributed by atoms with Crippen molar-refractivity contribution in [1.82, 2.24) is 15.0 Å². The summed E-state index contributed by atoms with van der Waals surface area (Å²) < 4.78 is 0. The predicted octanol–water partition coefficient (Wildman–Crippen LogP) is 1.22. The van der Waals surface area contributed by atoms with Crippen LogP contribution in [0.3, 0.4) is 0 Å². The molecule has 3 rings (SSSR count). The van der Waals surface area contributed by atoms with Crippen molar-refractivity contribution >= 4 is 11.8 Å². The second-order valence-electron chi connectivity index (χ2n) is 5.26. The Bertz CT molecular complexity index is 560. The lowest BCUT2D eigenvalue weighted by Crippen LogP contribution is -2.47. The minimum atomic E-state index is 0.0265. The van der Waals surface area contributed by atoms with E-state index in [0.717, 1.165) is 43.5 Å². The molecule has 2 N–H and O–H groups in total. The average Bonchev–Trinajstić information content (AvgIpc) is 2.56. The van der Waals surface area contributed by atoms with Gasteiger partial charge in [-0.25, -0.2) is 15.0 Å². The van der Waals surface area contributed by atoms with E-state index in [1.165, 1.54) is 0 Å². The topological polar surface area (TPSA) is 71.2 Å². The summed E-state index contributed by atoms with van der Waals surface area (Å²) in [6.45, 7) is 5.61. The van der Waals surface area contributed by atoms with E-state index in [2.05, 4.69) is 30.8 Å². The van der Waals surface area contributed by atoms with Crippen molar-refractivity contribution in [3.8, 4) is 0 Å². The molecule has 0 bridgehead atoms. The number of anilines is 2. The Kier molecular flexibility index (Phi) is 3.96. The number of rotatable bonds is 3. The smallest absolute Gasteiger partial charge is 0.225 e. The molecule has 0 saturated carbocycles. The zero-order valence-electron chi connectivity index (χ0n) is 12.2. The lowest BCUT2D eigenvalue weighted by Gasteiger charge is -2.35. The quantitative estimate of drug-likeness (QED) is 0.913. The highest BCUT2D eigenvalue weighted by Gasteiger charge is 2.19. The summed E-state index contributed by atoms with van der Waals surface area (Å²) in [5.41, 5.74) is 6.92. The van der Waals surface area contributed by atoms with E-state index in [0.29, 0.717) is 0 Å². The largest absolute Gasteiger partial charge is 0.353 e. The molecule has 0 aliphatic carbocycles. The molecule has 0 spiro atoms. The minimum absolute atomic E-state index is 0.0265. The zero-order chi connectivity index (χ0) is 14.7. The van der Waals surface area contributed by atoms with Crippen molar-refractivity contribution in [2.24, 2.45) is 5.73 Å². The minimum Gasteiger partial charge on any atom is -0.353 e. The zero-order valence-corrected chi connectivity index (χ0v) is 12.2. The van der Waals surface area contributed by atoms with Crippen LogP contribution in [0.25, 0.3) is 0 Å². The molecule has 1 unspecified atom stereocenters. The lowest BCUT2D eigenvalue weighted by atomic mass is 10.1. The number of aromatic nitrogens is 3. The Morgan fingerprint density at radius 2 is 1.67 bits per heavy atom. The number of hydrogen-bond acceptors (Lipinski definition) is 6. The monoisotopic (exact) mass is 284 g/mol. The molecule has 0 radical (unpaired) electrons. The molecule has 3 heterocycles. The Hall–Kier alpha value is -2.21. The van der Waals surface area contributed by atoms with Gasteiger partial charge in [0.1, 0.15) is 5.82 Å². The van der Waals surface area contributed by atoms with Crippen LogP contribution in [-0.2, 0) is 0 Å². The number of nitrogens with zero attached hydrogens (tertiary/aromatic N) is 5. The highest BCUT2D eigenvalue weighted by Crippen LogP contribution is 2.17. The molecule has 6 heteroatoms. The fraction of sp³-hybridized carbons (Fsp3) is 0.400. The van der Waals surface area contributed by atoms with Gasteiger partial charge in [-0.1, -0.05) is 6.07 Å². The number of hydrogen-bond donors (Lipinski definition) is 1. The van der Waals surface area contributed by atoms with Crippen molar-refractivity contribution in [1.29, 1.82) is 0 Å². The van der Waals surface area contributed by atoms with Crippen molar-refractivity contribution in [3.63, 3.8) is 0 Å². The third-order valence-electron chi connectivity index (χ3n) is 3.74. The second kappa shape index (κ2) is 6.05. The van der Waals surface area contributed by atoms with Crippen molar-refractivity contribution in [2.75, 3.05) is 36.0 Å². The maximum absolute atomic E-state index is 5.85. The van der Waals surface area contributed by atoms with Gasteiger partial charge in [0.25, 0.3) is 0 Å². The third-order valence-corrected chi connectivity index (χ3v) is 3.74. The highest BCUT2D eigenvalue weighted by molar-refractivity contribution is 5.43. The molecule has 1 aliphatic heterocycles. The van der Waals surface area contributed by atoms with Gasteiger partial charge in [0, 0.05) is 50.8 Å². The van der Waals surface area contributed by atoms with E-state index in [-0.39, 0.29) is 6.04 Å². The average molecular weight is 284 g/mol. The summed E-state index contributed by atoms with van der Waals surface area (Å²) in [6.07, 6.45) is 5.43. The molecule has 21 heavy (non-hydrogen) atoms. The predicted molar refractivity (Wildman–Crippen MR) is 83.3 cm³/mol. The molecule has 0 aromatic carbocycles. The van der Waals surface area contributed by atoms with Crippen molar-refractivity contribution in [3.05, 3.63) is 42.4 Å². The van der Waals surface area contributed by atoms with Crippen LogP contribution in [0.5, 0.6) is 0 Å². The molecule has 1 atom stereocenters. The molecule has 1 saturated heterocycles. The van der Waals surface area contributed by atoms with Gasteiger partial charge in [-0.2, -0.15) is 0 Å². The maximum atomic E-state index is 5.85. The Morgan fingerprint density at radius 3 is 2.24 bits per heavy atom. The molecule has 6 nitrogen and oxygen atoms in total. The fourth-order valence-corrected chi connectivity index (χ4v) is 2.44. The van der Waals surface area contributed by atoms with E-state index < -0.39 is 0 Å². The normalized spacial score (nSPS) is 16.9. The summed E-state index contributed by atoms with van der Waals surface area (Å²) in [6, 6.07) is 5.97. The third kappa shape index (κ3) is 3.11. The molecule has 2 aromatic heterocycles. The molecule has 110 valence electrons. The molecular weight excluding hydrogens is 264 g/mol. The molecule has 0 amide bonds. The summed E-state index contributed by atoms with van der Waals surface area (Å²) in [4.78, 5) is 17.6. The van der Waals surface area contributed by atoms with Gasteiger partial charge in [-0.3, -0.25) is 0 Å². The van der Waals surface area contributed by atoms with Gasteiger partial charge in [0.05, 0.1) is 0 Å².